The third-order valence-corrected chi connectivity index (χ3v) is 2.71. The van der Waals surface area contributed by atoms with Crippen molar-refractivity contribution in [1.29, 1.82) is 0 Å². The normalized spacial score (nSPS) is 10.0. The van der Waals surface area contributed by atoms with Crippen LogP contribution in [0.15, 0.2) is 0 Å². The second-order valence-electron chi connectivity index (χ2n) is 3.49. The van der Waals surface area contributed by atoms with Crippen LogP contribution in [-0.4, -0.2) is 22.7 Å². The van der Waals surface area contributed by atoms with Gasteiger partial charge in [-0.2, -0.15) is 0 Å². The maximum Gasteiger partial charge on any atom is 0.220 e. The predicted molar refractivity (Wildman–Crippen MR) is 70.3 cm³/mol. The molecule has 0 aromatic carbocycles. The number of ketones is 1. The van der Waals surface area contributed by atoms with Crippen molar-refractivity contribution in [3.63, 3.8) is 0 Å². The van der Waals surface area contributed by atoms with Gasteiger partial charge in [-0.25, -0.2) is 0 Å². The largest absolute Gasteiger partial charge is 0.356 e. The summed E-state index contributed by atoms with van der Waals surface area (Å²) in [5.41, 5.74) is 0. The first-order valence-electron chi connectivity index (χ1n) is 5.55. The van der Waals surface area contributed by atoms with Crippen LogP contribution in [-0.2, 0) is 9.59 Å². The van der Waals surface area contributed by atoms with Gasteiger partial charge in [0.25, 0.3) is 0 Å². The predicted octanol–water partition coefficient (Wildman–Crippen LogP) is 2.47. The lowest BCUT2D eigenvalue weighted by Crippen LogP contribution is -2.24. The van der Waals surface area contributed by atoms with Crippen molar-refractivity contribution in [3.05, 3.63) is 0 Å². The Balaban J connectivity index is 3.18. The molecule has 0 atom stereocenters. The Kier molecular flexibility index (Phi) is 10.3. The van der Waals surface area contributed by atoms with E-state index in [0.717, 1.165) is 30.2 Å². The van der Waals surface area contributed by atoms with Gasteiger partial charge in [-0.15, -0.1) is 0 Å². The summed E-state index contributed by atoms with van der Waals surface area (Å²) < 4.78 is 0.870. The standard InChI is InChI=1S/C11H20INO2/c1-2-10(14)6-4-3-5-9-13-11(15)7-8-12/h2-9H2,1H3,(H,13,15). The molecule has 0 saturated heterocycles. The van der Waals surface area contributed by atoms with Crippen molar-refractivity contribution in [2.75, 3.05) is 11.0 Å². The van der Waals surface area contributed by atoms with E-state index < -0.39 is 0 Å². The summed E-state index contributed by atoms with van der Waals surface area (Å²) >= 11 is 2.19. The van der Waals surface area contributed by atoms with Gasteiger partial charge in [0.1, 0.15) is 5.78 Å². The molecule has 0 aromatic rings. The Labute approximate surface area is 106 Å². The number of hydrogen-bond acceptors (Lipinski definition) is 2. The molecule has 3 nitrogen and oxygen atoms in total. The van der Waals surface area contributed by atoms with Crippen molar-refractivity contribution >= 4 is 34.3 Å². The summed E-state index contributed by atoms with van der Waals surface area (Å²) in [6, 6.07) is 0. The molecule has 0 spiro atoms. The maximum atomic E-state index is 11.1. The minimum absolute atomic E-state index is 0.133. The van der Waals surface area contributed by atoms with Gasteiger partial charge in [0.2, 0.25) is 5.91 Å². The minimum Gasteiger partial charge on any atom is -0.356 e. The van der Waals surface area contributed by atoms with E-state index in [0.29, 0.717) is 25.0 Å². The molecule has 1 amide bonds. The maximum absolute atomic E-state index is 11.1. The monoisotopic (exact) mass is 325 g/mol. The number of alkyl halides is 1. The van der Waals surface area contributed by atoms with E-state index in [-0.39, 0.29) is 5.91 Å². The van der Waals surface area contributed by atoms with Crippen LogP contribution < -0.4 is 5.32 Å². The average Bonchev–Trinajstić information content (AvgIpc) is 2.23. The van der Waals surface area contributed by atoms with Crippen molar-refractivity contribution in [3.8, 4) is 0 Å². The molecule has 4 heteroatoms. The zero-order chi connectivity index (χ0) is 11.5. The number of carbonyl (C=O) groups excluding carboxylic acids is 2. The van der Waals surface area contributed by atoms with Gasteiger partial charge < -0.3 is 5.32 Å². The van der Waals surface area contributed by atoms with Gasteiger partial charge in [-0.05, 0) is 12.8 Å². The first-order chi connectivity index (χ1) is 7.20. The lowest BCUT2D eigenvalue weighted by molar-refractivity contribution is -0.121. The van der Waals surface area contributed by atoms with E-state index in [1.165, 1.54) is 0 Å². The number of rotatable bonds is 9. The number of nitrogens with one attached hydrogen (secondary N) is 1. The van der Waals surface area contributed by atoms with Gasteiger partial charge in [0, 0.05) is 30.2 Å². The Bertz CT molecular complexity index is 195. The van der Waals surface area contributed by atoms with Gasteiger partial charge in [0.15, 0.2) is 0 Å². The fraction of sp³-hybridized carbons (Fsp3) is 0.818. The van der Waals surface area contributed by atoms with Gasteiger partial charge in [-0.3, -0.25) is 9.59 Å². The molecule has 15 heavy (non-hydrogen) atoms. The summed E-state index contributed by atoms with van der Waals surface area (Å²) in [7, 11) is 0. The van der Waals surface area contributed by atoms with Crippen molar-refractivity contribution in [2.45, 2.75) is 45.4 Å². The first kappa shape index (κ1) is 14.9. The van der Waals surface area contributed by atoms with Crippen molar-refractivity contribution in [1.82, 2.24) is 5.32 Å². The molecule has 1 N–H and O–H groups in total. The third kappa shape index (κ3) is 10.2. The molecule has 0 unspecified atom stereocenters. The molecule has 0 saturated carbocycles. The molecule has 0 fully saturated rings. The Morgan fingerprint density at radius 1 is 1.13 bits per heavy atom. The minimum atomic E-state index is 0.133. The molecular weight excluding hydrogens is 305 g/mol. The van der Waals surface area contributed by atoms with E-state index >= 15 is 0 Å². The third-order valence-electron chi connectivity index (χ3n) is 2.17. The van der Waals surface area contributed by atoms with Crippen molar-refractivity contribution in [2.24, 2.45) is 0 Å². The van der Waals surface area contributed by atoms with E-state index in [4.69, 9.17) is 0 Å². The lowest BCUT2D eigenvalue weighted by Gasteiger charge is -2.03. The fourth-order valence-corrected chi connectivity index (χ4v) is 1.69. The van der Waals surface area contributed by atoms with E-state index in [2.05, 4.69) is 27.9 Å². The van der Waals surface area contributed by atoms with E-state index in [1.54, 1.807) is 0 Å². The molecule has 0 heterocycles. The zero-order valence-corrected chi connectivity index (χ0v) is 11.5. The molecule has 0 aromatic heterocycles. The van der Waals surface area contributed by atoms with Crippen LogP contribution in [0.3, 0.4) is 0 Å². The van der Waals surface area contributed by atoms with Crippen LogP contribution >= 0.6 is 22.6 Å². The van der Waals surface area contributed by atoms with Crippen LogP contribution in [0.2, 0.25) is 0 Å². The molecular formula is C11H20INO2. The highest BCUT2D eigenvalue weighted by atomic mass is 127. The van der Waals surface area contributed by atoms with Crippen LogP contribution in [0, 0.1) is 0 Å². The molecule has 0 aliphatic carbocycles. The van der Waals surface area contributed by atoms with Crippen LogP contribution in [0.5, 0.6) is 0 Å². The number of hydrogen-bond donors (Lipinski definition) is 1. The molecule has 0 rings (SSSR count). The summed E-state index contributed by atoms with van der Waals surface area (Å²) in [5.74, 6) is 0.470. The topological polar surface area (TPSA) is 46.2 Å². The highest BCUT2D eigenvalue weighted by molar-refractivity contribution is 14.1. The van der Waals surface area contributed by atoms with E-state index in [9.17, 15) is 9.59 Å². The number of amides is 1. The molecule has 88 valence electrons. The highest BCUT2D eigenvalue weighted by Crippen LogP contribution is 2.01. The fourth-order valence-electron chi connectivity index (χ4n) is 1.20. The molecule has 0 bridgehead atoms. The zero-order valence-electron chi connectivity index (χ0n) is 9.35. The summed E-state index contributed by atoms with van der Waals surface area (Å²) in [6.07, 6.45) is 4.90. The van der Waals surface area contributed by atoms with E-state index in [1.807, 2.05) is 6.92 Å². The number of halogens is 1. The van der Waals surface area contributed by atoms with Gasteiger partial charge in [0.05, 0.1) is 0 Å². The SMILES string of the molecule is CCC(=O)CCCCCNC(=O)CCI. The van der Waals surface area contributed by atoms with Crippen LogP contribution in [0.25, 0.3) is 0 Å². The summed E-state index contributed by atoms with van der Waals surface area (Å²) in [6.45, 7) is 2.64. The quantitative estimate of drug-likeness (QED) is 0.402. The van der Waals surface area contributed by atoms with Crippen LogP contribution in [0.4, 0.5) is 0 Å². The van der Waals surface area contributed by atoms with Crippen molar-refractivity contribution < 1.29 is 9.59 Å². The molecule has 0 aliphatic heterocycles. The number of Topliss-reactive ketones (excluding diaryl/α,β-unsaturated/α-hetero) is 1. The highest BCUT2D eigenvalue weighted by Gasteiger charge is 1.99. The molecule has 0 radical (unpaired) electrons. The first-order valence-corrected chi connectivity index (χ1v) is 7.07. The van der Waals surface area contributed by atoms with Crippen LogP contribution in [0.1, 0.15) is 45.4 Å². The Hall–Kier alpha value is -0.130. The smallest absolute Gasteiger partial charge is 0.220 e. The second-order valence-corrected chi connectivity index (χ2v) is 4.57. The number of unbranched alkanes of at least 4 members (excludes halogenated alkanes) is 2. The Morgan fingerprint density at radius 2 is 1.87 bits per heavy atom. The Morgan fingerprint density at radius 3 is 2.47 bits per heavy atom. The summed E-state index contributed by atoms with van der Waals surface area (Å²) in [4.78, 5) is 22.0. The number of carbonyl (C=O) groups is 2. The van der Waals surface area contributed by atoms with Gasteiger partial charge in [-0.1, -0.05) is 35.9 Å². The average molecular weight is 325 g/mol. The second kappa shape index (κ2) is 10.4. The lowest BCUT2D eigenvalue weighted by atomic mass is 10.1. The van der Waals surface area contributed by atoms with Gasteiger partial charge >= 0.3 is 0 Å². The summed E-state index contributed by atoms with van der Waals surface area (Å²) in [5, 5.41) is 2.86. The molecule has 0 aliphatic rings.